The van der Waals surface area contributed by atoms with Crippen LogP contribution in [-0.2, 0) is 6.54 Å². The number of phenolic OH excluding ortho intramolecular Hbond substituents is 1. The minimum Gasteiger partial charge on any atom is -0.505 e. The molecule has 7 nitrogen and oxygen atoms in total. The standard InChI is InChI=1S/C28H19F2N5O2/c29-18-8-4-10-21-25(18)28(37)35(17-6-2-1-3-7-17)24(32-21)15-34-22-11-5-9-20(31)26(22)27(33-34)16-12-13-23(36)19(30)14-16/h1-14,36H,15,31H2. The van der Waals surface area contributed by atoms with Gasteiger partial charge in [0, 0.05) is 11.3 Å². The molecule has 0 spiro atoms. The molecular weight excluding hydrogens is 476 g/mol. The van der Waals surface area contributed by atoms with Crippen LogP contribution >= 0.6 is 0 Å². The van der Waals surface area contributed by atoms with Crippen molar-refractivity contribution in [2.45, 2.75) is 6.54 Å². The molecule has 0 fully saturated rings. The van der Waals surface area contributed by atoms with Gasteiger partial charge in [-0.15, -0.1) is 0 Å². The topological polar surface area (TPSA) is 99.0 Å². The molecule has 2 heterocycles. The fraction of sp³-hybridized carbons (Fsp3) is 0.0357. The maximum Gasteiger partial charge on any atom is 0.269 e. The molecule has 0 amide bonds. The number of phenols is 1. The molecule has 182 valence electrons. The van der Waals surface area contributed by atoms with Crippen molar-refractivity contribution in [3.05, 3.63) is 113 Å². The molecule has 0 radical (unpaired) electrons. The molecule has 6 aromatic rings. The first-order valence-electron chi connectivity index (χ1n) is 11.4. The average molecular weight is 495 g/mol. The summed E-state index contributed by atoms with van der Waals surface area (Å²) in [6.45, 7) is 0.0388. The molecule has 0 saturated carbocycles. The summed E-state index contributed by atoms with van der Waals surface area (Å²) in [5.41, 5.74) is 8.41. The van der Waals surface area contributed by atoms with Crippen molar-refractivity contribution in [3.8, 4) is 22.7 Å². The number of nitrogen functional groups attached to an aromatic ring is 1. The van der Waals surface area contributed by atoms with Crippen molar-refractivity contribution < 1.29 is 13.9 Å². The normalized spacial score (nSPS) is 11.4. The number of hydrogen-bond donors (Lipinski definition) is 2. The minimum absolute atomic E-state index is 0.0388. The second kappa shape index (κ2) is 8.56. The van der Waals surface area contributed by atoms with E-state index < -0.39 is 22.9 Å². The molecule has 0 bridgehead atoms. The van der Waals surface area contributed by atoms with Crippen LogP contribution in [0.2, 0.25) is 0 Å². The lowest BCUT2D eigenvalue weighted by atomic mass is 10.1. The van der Waals surface area contributed by atoms with Gasteiger partial charge in [0.25, 0.3) is 5.56 Å². The Morgan fingerprint density at radius 2 is 1.65 bits per heavy atom. The van der Waals surface area contributed by atoms with Gasteiger partial charge in [0.1, 0.15) is 29.3 Å². The van der Waals surface area contributed by atoms with E-state index in [1.54, 1.807) is 53.2 Å². The third-order valence-electron chi connectivity index (χ3n) is 6.25. The zero-order chi connectivity index (χ0) is 25.7. The SMILES string of the molecule is Nc1cccc2c1c(-c1ccc(O)c(F)c1)nn2Cc1nc2cccc(F)c2c(=O)n1-c1ccccc1. The van der Waals surface area contributed by atoms with Crippen LogP contribution in [0.5, 0.6) is 5.75 Å². The number of nitrogens with zero attached hydrogens (tertiary/aromatic N) is 4. The molecule has 0 unspecified atom stereocenters. The van der Waals surface area contributed by atoms with Crippen molar-refractivity contribution >= 4 is 27.5 Å². The second-order valence-electron chi connectivity index (χ2n) is 8.55. The highest BCUT2D eigenvalue weighted by atomic mass is 19.1. The van der Waals surface area contributed by atoms with Gasteiger partial charge in [0.05, 0.1) is 22.1 Å². The summed E-state index contributed by atoms with van der Waals surface area (Å²) in [5.74, 6) is -1.59. The van der Waals surface area contributed by atoms with E-state index >= 15 is 0 Å². The number of hydrogen-bond acceptors (Lipinski definition) is 5. The van der Waals surface area contributed by atoms with Crippen molar-refractivity contribution in [2.75, 3.05) is 5.73 Å². The lowest BCUT2D eigenvalue weighted by molar-refractivity contribution is 0.432. The summed E-state index contributed by atoms with van der Waals surface area (Å²) >= 11 is 0. The quantitative estimate of drug-likeness (QED) is 0.335. The first-order valence-corrected chi connectivity index (χ1v) is 11.4. The molecule has 0 saturated heterocycles. The molecule has 6 rings (SSSR count). The van der Waals surface area contributed by atoms with Crippen molar-refractivity contribution in [1.82, 2.24) is 19.3 Å². The first kappa shape index (κ1) is 22.4. The molecule has 4 aromatic carbocycles. The molecule has 0 aliphatic rings. The highest BCUT2D eigenvalue weighted by Gasteiger charge is 2.20. The highest BCUT2D eigenvalue weighted by molar-refractivity contribution is 6.01. The Balaban J connectivity index is 1.61. The zero-order valence-corrected chi connectivity index (χ0v) is 19.3. The van der Waals surface area contributed by atoms with Gasteiger partial charge in [0.2, 0.25) is 0 Å². The number of anilines is 1. The van der Waals surface area contributed by atoms with Crippen LogP contribution < -0.4 is 11.3 Å². The van der Waals surface area contributed by atoms with Gasteiger partial charge in [-0.05, 0) is 54.6 Å². The zero-order valence-electron chi connectivity index (χ0n) is 19.3. The van der Waals surface area contributed by atoms with Crippen molar-refractivity contribution in [3.63, 3.8) is 0 Å². The molecule has 2 aromatic heterocycles. The van der Waals surface area contributed by atoms with Gasteiger partial charge in [-0.1, -0.05) is 30.3 Å². The number of benzene rings is 4. The van der Waals surface area contributed by atoms with Gasteiger partial charge < -0.3 is 10.8 Å². The Kier molecular flexibility index (Phi) is 5.19. The smallest absolute Gasteiger partial charge is 0.269 e. The lowest BCUT2D eigenvalue weighted by Gasteiger charge is -2.14. The summed E-state index contributed by atoms with van der Waals surface area (Å²) in [6, 6.07) is 22.4. The minimum atomic E-state index is -0.786. The van der Waals surface area contributed by atoms with Crippen LogP contribution in [0, 0.1) is 11.6 Å². The number of fused-ring (bicyclic) bond motifs is 2. The number of aromatic hydroxyl groups is 1. The van der Waals surface area contributed by atoms with E-state index in [1.807, 2.05) is 12.1 Å². The van der Waals surface area contributed by atoms with Crippen LogP contribution in [-0.4, -0.2) is 24.4 Å². The Morgan fingerprint density at radius 1 is 0.865 bits per heavy atom. The number of aromatic nitrogens is 4. The van der Waals surface area contributed by atoms with Crippen LogP contribution in [0.1, 0.15) is 5.82 Å². The summed E-state index contributed by atoms with van der Waals surface area (Å²) in [6.07, 6.45) is 0. The maximum absolute atomic E-state index is 14.7. The van der Waals surface area contributed by atoms with Crippen molar-refractivity contribution in [2.24, 2.45) is 0 Å². The van der Waals surface area contributed by atoms with E-state index in [0.29, 0.717) is 39.4 Å². The summed E-state index contributed by atoms with van der Waals surface area (Å²) < 4.78 is 31.9. The predicted octanol–water partition coefficient (Wildman–Crippen LogP) is 5.02. The Morgan fingerprint density at radius 3 is 2.43 bits per heavy atom. The number of halogens is 2. The van der Waals surface area contributed by atoms with Crippen molar-refractivity contribution in [1.29, 1.82) is 0 Å². The molecule has 37 heavy (non-hydrogen) atoms. The van der Waals surface area contributed by atoms with E-state index in [0.717, 1.165) is 0 Å². The Hall–Kier alpha value is -5.05. The van der Waals surface area contributed by atoms with Crippen LogP contribution in [0.25, 0.3) is 38.8 Å². The van der Waals surface area contributed by atoms with Gasteiger partial charge in [-0.25, -0.2) is 13.8 Å². The Labute approximate surface area is 208 Å². The Bertz CT molecular complexity index is 1880. The molecule has 3 N–H and O–H groups in total. The predicted molar refractivity (Wildman–Crippen MR) is 138 cm³/mol. The summed E-state index contributed by atoms with van der Waals surface area (Å²) in [5, 5.41) is 14.8. The molecule has 0 aliphatic heterocycles. The molecule has 0 atom stereocenters. The van der Waals surface area contributed by atoms with E-state index in [1.165, 1.54) is 28.8 Å². The molecule has 0 aliphatic carbocycles. The third kappa shape index (κ3) is 3.68. The van der Waals surface area contributed by atoms with E-state index in [9.17, 15) is 18.7 Å². The van der Waals surface area contributed by atoms with Crippen LogP contribution in [0.15, 0.2) is 89.7 Å². The largest absolute Gasteiger partial charge is 0.505 e. The highest BCUT2D eigenvalue weighted by Crippen LogP contribution is 2.34. The first-order chi connectivity index (χ1) is 17.9. The van der Waals surface area contributed by atoms with Gasteiger partial charge in [-0.2, -0.15) is 5.10 Å². The summed E-state index contributed by atoms with van der Waals surface area (Å²) in [7, 11) is 0. The lowest BCUT2D eigenvalue weighted by Crippen LogP contribution is -2.26. The number of rotatable bonds is 4. The molecular formula is C28H19F2N5O2. The van der Waals surface area contributed by atoms with E-state index in [-0.39, 0.29) is 17.4 Å². The number of para-hydroxylation sites is 1. The van der Waals surface area contributed by atoms with Gasteiger partial charge >= 0.3 is 0 Å². The van der Waals surface area contributed by atoms with Crippen LogP contribution in [0.4, 0.5) is 14.5 Å². The van der Waals surface area contributed by atoms with E-state index in [2.05, 4.69) is 4.98 Å². The van der Waals surface area contributed by atoms with Crippen LogP contribution in [0.3, 0.4) is 0 Å². The molecule has 9 heteroatoms. The average Bonchev–Trinajstić information content (AvgIpc) is 3.26. The van der Waals surface area contributed by atoms with Gasteiger partial charge in [-0.3, -0.25) is 14.0 Å². The second-order valence-corrected chi connectivity index (χ2v) is 8.55. The monoisotopic (exact) mass is 495 g/mol. The summed E-state index contributed by atoms with van der Waals surface area (Å²) in [4.78, 5) is 18.2. The van der Waals surface area contributed by atoms with Gasteiger partial charge in [0.15, 0.2) is 11.6 Å². The number of nitrogens with two attached hydrogens (primary N) is 1. The fourth-order valence-corrected chi connectivity index (χ4v) is 4.55. The fourth-order valence-electron chi connectivity index (χ4n) is 4.55. The third-order valence-corrected chi connectivity index (χ3v) is 6.25. The maximum atomic E-state index is 14.7. The van der Waals surface area contributed by atoms with E-state index in [4.69, 9.17) is 10.8 Å².